The molecule has 1 nitrogen and oxygen atoms in total. The number of alkyl halides is 1. The van der Waals surface area contributed by atoms with E-state index in [-0.39, 0.29) is 5.38 Å². The van der Waals surface area contributed by atoms with Gasteiger partial charge in [0.15, 0.2) is 0 Å². The van der Waals surface area contributed by atoms with Crippen molar-refractivity contribution in [3.63, 3.8) is 0 Å². The molecule has 1 unspecified atom stereocenters. The molecule has 3 rings (SSSR count). The molecule has 0 amide bonds. The van der Waals surface area contributed by atoms with Crippen LogP contribution in [0.5, 0.6) is 5.75 Å². The van der Waals surface area contributed by atoms with Crippen LogP contribution in [0.4, 0.5) is 0 Å². The molecule has 0 saturated carbocycles. The second-order valence-electron chi connectivity index (χ2n) is 4.47. The molecule has 1 aliphatic rings. The van der Waals surface area contributed by atoms with Crippen LogP contribution in [0.15, 0.2) is 40.9 Å². The first kappa shape index (κ1) is 13.3. The van der Waals surface area contributed by atoms with E-state index in [4.69, 9.17) is 27.9 Å². The molecule has 0 spiro atoms. The highest BCUT2D eigenvalue weighted by Gasteiger charge is 2.19. The predicted octanol–water partition coefficient (Wildman–Crippen LogP) is 5.37. The van der Waals surface area contributed by atoms with E-state index >= 15 is 0 Å². The third-order valence-corrected chi connectivity index (χ3v) is 5.06. The first-order valence-electron chi connectivity index (χ1n) is 6.00. The van der Waals surface area contributed by atoms with E-state index in [0.29, 0.717) is 5.02 Å². The second-order valence-corrected chi connectivity index (χ2v) is 6.14. The van der Waals surface area contributed by atoms with Crippen molar-refractivity contribution in [1.29, 1.82) is 0 Å². The average molecular weight is 358 g/mol. The van der Waals surface area contributed by atoms with E-state index in [1.807, 2.05) is 30.3 Å². The molecule has 0 saturated heterocycles. The van der Waals surface area contributed by atoms with Gasteiger partial charge < -0.3 is 4.74 Å². The highest BCUT2D eigenvalue weighted by atomic mass is 79.9. The number of fused-ring (bicyclic) bond motifs is 1. The average Bonchev–Trinajstić information content (AvgIpc) is 2.88. The third kappa shape index (κ3) is 2.49. The highest BCUT2D eigenvalue weighted by Crippen LogP contribution is 2.39. The normalized spacial score (nSPS) is 14.9. The lowest BCUT2D eigenvalue weighted by Crippen LogP contribution is -1.95. The Kier molecular flexibility index (Phi) is 3.75. The summed E-state index contributed by atoms with van der Waals surface area (Å²) in [6.07, 6.45) is 0.943. The third-order valence-electron chi connectivity index (χ3n) is 3.26. The summed E-state index contributed by atoms with van der Waals surface area (Å²) in [6, 6.07) is 11.9. The van der Waals surface area contributed by atoms with Gasteiger partial charge in [0.25, 0.3) is 0 Å². The zero-order valence-electron chi connectivity index (χ0n) is 10.00. The van der Waals surface area contributed by atoms with Crippen LogP contribution in [0.25, 0.3) is 0 Å². The molecular formula is C15H11BrCl2O. The van der Waals surface area contributed by atoms with Crippen LogP contribution in [-0.4, -0.2) is 6.61 Å². The van der Waals surface area contributed by atoms with Crippen molar-refractivity contribution in [2.45, 2.75) is 11.8 Å². The molecule has 4 heteroatoms. The first-order valence-corrected chi connectivity index (χ1v) is 7.61. The molecule has 1 heterocycles. The van der Waals surface area contributed by atoms with Crippen LogP contribution in [0.1, 0.15) is 22.1 Å². The summed E-state index contributed by atoms with van der Waals surface area (Å²) >= 11 is 16.3. The monoisotopic (exact) mass is 356 g/mol. The molecule has 0 radical (unpaired) electrons. The Morgan fingerprint density at radius 2 is 2.05 bits per heavy atom. The first-order chi connectivity index (χ1) is 9.16. The Bertz CT molecular complexity index is 628. The van der Waals surface area contributed by atoms with Crippen LogP contribution in [-0.2, 0) is 6.42 Å². The van der Waals surface area contributed by atoms with E-state index in [9.17, 15) is 0 Å². The summed E-state index contributed by atoms with van der Waals surface area (Å²) in [7, 11) is 0. The van der Waals surface area contributed by atoms with Gasteiger partial charge in [-0.1, -0.05) is 35.9 Å². The SMILES string of the molecule is Clc1c(Br)cccc1C(Cl)c1ccc2c(c1)CCO2. The Labute approximate surface area is 130 Å². The molecule has 0 aliphatic carbocycles. The molecule has 0 fully saturated rings. The number of hydrogen-bond acceptors (Lipinski definition) is 1. The fourth-order valence-electron chi connectivity index (χ4n) is 2.26. The maximum absolute atomic E-state index is 6.56. The van der Waals surface area contributed by atoms with Gasteiger partial charge in [-0.05, 0) is 44.8 Å². The van der Waals surface area contributed by atoms with Gasteiger partial charge in [0.05, 0.1) is 17.0 Å². The van der Waals surface area contributed by atoms with Crippen LogP contribution < -0.4 is 4.74 Å². The van der Waals surface area contributed by atoms with Crippen LogP contribution in [0.3, 0.4) is 0 Å². The lowest BCUT2D eigenvalue weighted by molar-refractivity contribution is 0.357. The van der Waals surface area contributed by atoms with Gasteiger partial charge in [0.2, 0.25) is 0 Å². The predicted molar refractivity (Wildman–Crippen MR) is 82.5 cm³/mol. The summed E-state index contributed by atoms with van der Waals surface area (Å²) in [6.45, 7) is 0.753. The van der Waals surface area contributed by atoms with Crippen molar-refractivity contribution < 1.29 is 4.74 Å². The lowest BCUT2D eigenvalue weighted by atomic mass is 10.0. The van der Waals surface area contributed by atoms with Crippen molar-refractivity contribution >= 4 is 39.1 Å². The van der Waals surface area contributed by atoms with Crippen molar-refractivity contribution in [2.24, 2.45) is 0 Å². The zero-order chi connectivity index (χ0) is 13.4. The summed E-state index contributed by atoms with van der Waals surface area (Å²) in [5.74, 6) is 0.966. The number of benzene rings is 2. The summed E-state index contributed by atoms with van der Waals surface area (Å²) in [5.41, 5.74) is 3.18. The molecule has 2 aromatic rings. The van der Waals surface area contributed by atoms with Crippen molar-refractivity contribution in [1.82, 2.24) is 0 Å². The summed E-state index contributed by atoms with van der Waals surface area (Å²) in [4.78, 5) is 0. The Balaban J connectivity index is 2.00. The number of hydrogen-bond donors (Lipinski definition) is 0. The quantitative estimate of drug-likeness (QED) is 0.657. The molecule has 0 N–H and O–H groups in total. The van der Waals surface area contributed by atoms with Crippen LogP contribution >= 0.6 is 39.1 Å². The molecule has 98 valence electrons. The fraction of sp³-hybridized carbons (Fsp3) is 0.200. The van der Waals surface area contributed by atoms with Crippen molar-refractivity contribution in [3.05, 3.63) is 62.6 Å². The van der Waals surface area contributed by atoms with Crippen LogP contribution in [0.2, 0.25) is 5.02 Å². The lowest BCUT2D eigenvalue weighted by Gasteiger charge is -2.14. The highest BCUT2D eigenvalue weighted by molar-refractivity contribution is 9.10. The topological polar surface area (TPSA) is 9.23 Å². The maximum atomic E-state index is 6.56. The molecular weight excluding hydrogens is 347 g/mol. The molecule has 2 aromatic carbocycles. The van der Waals surface area contributed by atoms with Crippen molar-refractivity contribution in [2.75, 3.05) is 6.61 Å². The van der Waals surface area contributed by atoms with Crippen LogP contribution in [0, 0.1) is 0 Å². The van der Waals surface area contributed by atoms with Crippen molar-refractivity contribution in [3.8, 4) is 5.75 Å². The fourth-order valence-corrected chi connectivity index (χ4v) is 3.25. The minimum Gasteiger partial charge on any atom is -0.493 e. The van der Waals surface area contributed by atoms with E-state index in [1.54, 1.807) is 0 Å². The van der Waals surface area contributed by atoms with E-state index < -0.39 is 0 Å². The smallest absolute Gasteiger partial charge is 0.122 e. The number of halogens is 3. The van der Waals surface area contributed by atoms with Gasteiger partial charge in [0.1, 0.15) is 5.75 Å². The molecule has 1 atom stereocenters. The van der Waals surface area contributed by atoms with Gasteiger partial charge in [-0.25, -0.2) is 0 Å². The number of rotatable bonds is 2. The Morgan fingerprint density at radius 3 is 2.89 bits per heavy atom. The molecule has 0 aromatic heterocycles. The van der Waals surface area contributed by atoms with Gasteiger partial charge >= 0.3 is 0 Å². The van der Waals surface area contributed by atoms with E-state index in [1.165, 1.54) is 5.56 Å². The van der Waals surface area contributed by atoms with Gasteiger partial charge in [-0.15, -0.1) is 11.6 Å². The van der Waals surface area contributed by atoms with Gasteiger partial charge in [-0.3, -0.25) is 0 Å². The number of ether oxygens (including phenoxy) is 1. The van der Waals surface area contributed by atoms with E-state index in [0.717, 1.165) is 34.4 Å². The Morgan fingerprint density at radius 1 is 1.21 bits per heavy atom. The minimum atomic E-state index is -0.254. The molecule has 1 aliphatic heterocycles. The Hall–Kier alpha value is -0.700. The largest absolute Gasteiger partial charge is 0.493 e. The van der Waals surface area contributed by atoms with Gasteiger partial charge in [0, 0.05) is 10.9 Å². The zero-order valence-corrected chi connectivity index (χ0v) is 13.1. The van der Waals surface area contributed by atoms with Gasteiger partial charge in [-0.2, -0.15) is 0 Å². The molecule has 0 bridgehead atoms. The standard InChI is InChI=1S/C15H11BrCl2O/c16-12-3-1-2-11(15(12)18)14(17)10-4-5-13-9(8-10)6-7-19-13/h1-5,8,14H,6-7H2. The summed E-state index contributed by atoms with van der Waals surface area (Å²) < 4.78 is 6.37. The molecule has 19 heavy (non-hydrogen) atoms. The summed E-state index contributed by atoms with van der Waals surface area (Å²) in [5, 5.41) is 0.412. The maximum Gasteiger partial charge on any atom is 0.122 e. The van der Waals surface area contributed by atoms with E-state index in [2.05, 4.69) is 22.0 Å². The second kappa shape index (κ2) is 5.35. The minimum absolute atomic E-state index is 0.254.